The summed E-state index contributed by atoms with van der Waals surface area (Å²) in [7, 11) is 0. The van der Waals surface area contributed by atoms with Crippen LogP contribution < -0.4 is 15.8 Å². The van der Waals surface area contributed by atoms with Gasteiger partial charge in [0.05, 0.1) is 0 Å². The van der Waals surface area contributed by atoms with Gasteiger partial charge in [-0.3, -0.25) is 9.59 Å². The molecular formula is C18H17ClN2O5. The van der Waals surface area contributed by atoms with E-state index in [9.17, 15) is 14.4 Å². The zero-order valence-electron chi connectivity index (χ0n) is 14.0. The van der Waals surface area contributed by atoms with Crippen LogP contribution in [0, 0.1) is 6.92 Å². The Kier molecular flexibility index (Phi) is 6.57. The first-order chi connectivity index (χ1) is 12.3. The van der Waals surface area contributed by atoms with Gasteiger partial charge in [0.2, 0.25) is 5.91 Å². The number of esters is 1. The Bertz CT molecular complexity index is 821. The van der Waals surface area contributed by atoms with Gasteiger partial charge in [0.15, 0.2) is 13.2 Å². The molecule has 0 spiro atoms. The molecule has 0 aliphatic heterocycles. The summed E-state index contributed by atoms with van der Waals surface area (Å²) < 4.78 is 10.2. The zero-order valence-corrected chi connectivity index (χ0v) is 14.7. The first kappa shape index (κ1) is 19.3. The maximum absolute atomic E-state index is 11.8. The number of nitrogens with two attached hydrogens (primary N) is 1. The van der Waals surface area contributed by atoms with Crippen molar-refractivity contribution in [3.63, 3.8) is 0 Å². The molecule has 2 rings (SSSR count). The fourth-order valence-corrected chi connectivity index (χ4v) is 2.24. The zero-order chi connectivity index (χ0) is 19.1. The predicted octanol–water partition coefficient (Wildman–Crippen LogP) is 2.31. The Morgan fingerprint density at radius 2 is 1.77 bits per heavy atom. The molecule has 0 atom stereocenters. The number of amides is 2. The maximum Gasteiger partial charge on any atom is 0.344 e. The Hall–Kier alpha value is -3.06. The lowest BCUT2D eigenvalue weighted by molar-refractivity contribution is -0.149. The second-order valence-corrected chi connectivity index (χ2v) is 5.79. The van der Waals surface area contributed by atoms with E-state index in [4.69, 9.17) is 26.8 Å². The first-order valence-corrected chi connectivity index (χ1v) is 7.97. The predicted molar refractivity (Wildman–Crippen MR) is 96.2 cm³/mol. The van der Waals surface area contributed by atoms with Crippen molar-refractivity contribution in [2.24, 2.45) is 5.73 Å². The van der Waals surface area contributed by atoms with Crippen molar-refractivity contribution in [2.45, 2.75) is 6.92 Å². The van der Waals surface area contributed by atoms with Crippen LogP contribution in [0.25, 0.3) is 0 Å². The number of ether oxygens (including phenoxy) is 2. The molecule has 0 unspecified atom stereocenters. The van der Waals surface area contributed by atoms with E-state index >= 15 is 0 Å². The van der Waals surface area contributed by atoms with Crippen LogP contribution in [-0.4, -0.2) is 31.0 Å². The van der Waals surface area contributed by atoms with Crippen LogP contribution in [0.5, 0.6) is 5.75 Å². The molecule has 0 radical (unpaired) electrons. The topological polar surface area (TPSA) is 108 Å². The number of hydrogen-bond acceptors (Lipinski definition) is 5. The average Bonchev–Trinajstić information content (AvgIpc) is 2.59. The van der Waals surface area contributed by atoms with Gasteiger partial charge in [-0.15, -0.1) is 0 Å². The van der Waals surface area contributed by atoms with E-state index in [-0.39, 0.29) is 6.61 Å². The average molecular weight is 377 g/mol. The van der Waals surface area contributed by atoms with Crippen molar-refractivity contribution >= 4 is 35.1 Å². The molecule has 0 saturated carbocycles. The van der Waals surface area contributed by atoms with Crippen LogP contribution in [0.3, 0.4) is 0 Å². The summed E-state index contributed by atoms with van der Waals surface area (Å²) in [6.07, 6.45) is 0. The number of primary amides is 1. The van der Waals surface area contributed by atoms with Crippen molar-refractivity contribution in [1.29, 1.82) is 0 Å². The van der Waals surface area contributed by atoms with Crippen LogP contribution in [0.1, 0.15) is 15.9 Å². The first-order valence-electron chi connectivity index (χ1n) is 7.59. The minimum atomic E-state index is -0.682. The van der Waals surface area contributed by atoms with Crippen LogP contribution >= 0.6 is 11.6 Å². The van der Waals surface area contributed by atoms with E-state index in [1.54, 1.807) is 25.1 Å². The summed E-state index contributed by atoms with van der Waals surface area (Å²) in [4.78, 5) is 34.4. The Morgan fingerprint density at radius 1 is 1.08 bits per heavy atom. The molecule has 0 fully saturated rings. The highest BCUT2D eigenvalue weighted by Gasteiger charge is 2.10. The SMILES string of the molecule is Cc1cc(Cl)ccc1OCC(=O)OCC(=O)Nc1ccc(C(N)=O)cc1. The minimum absolute atomic E-state index is 0.323. The van der Waals surface area contributed by atoms with Gasteiger partial charge in [-0.2, -0.15) is 0 Å². The van der Waals surface area contributed by atoms with Crippen LogP contribution in [0.2, 0.25) is 5.02 Å². The number of carbonyl (C=O) groups is 3. The summed E-state index contributed by atoms with van der Waals surface area (Å²) in [6.45, 7) is 1.01. The lowest BCUT2D eigenvalue weighted by atomic mass is 10.2. The number of nitrogens with one attached hydrogen (secondary N) is 1. The van der Waals surface area contributed by atoms with E-state index in [0.717, 1.165) is 5.56 Å². The van der Waals surface area contributed by atoms with Gasteiger partial charge in [0.25, 0.3) is 5.91 Å². The van der Waals surface area contributed by atoms with Crippen LogP contribution in [0.4, 0.5) is 5.69 Å². The molecule has 7 nitrogen and oxygen atoms in total. The standard InChI is InChI=1S/C18H17ClN2O5/c1-11-8-13(19)4-7-15(11)25-10-17(23)26-9-16(22)21-14-5-2-12(3-6-14)18(20)24/h2-8H,9-10H2,1H3,(H2,20,24)(H,21,22). The number of benzene rings is 2. The molecule has 0 heterocycles. The molecule has 8 heteroatoms. The Morgan fingerprint density at radius 3 is 2.38 bits per heavy atom. The lowest BCUT2D eigenvalue weighted by Crippen LogP contribution is -2.23. The van der Waals surface area contributed by atoms with Gasteiger partial charge in [-0.05, 0) is 55.0 Å². The minimum Gasteiger partial charge on any atom is -0.482 e. The molecule has 0 bridgehead atoms. The maximum atomic E-state index is 11.8. The van der Waals surface area contributed by atoms with Gasteiger partial charge < -0.3 is 20.5 Å². The van der Waals surface area contributed by atoms with Gasteiger partial charge >= 0.3 is 5.97 Å². The molecule has 0 aliphatic carbocycles. The smallest absolute Gasteiger partial charge is 0.344 e. The molecule has 136 valence electrons. The molecule has 0 aromatic heterocycles. The second-order valence-electron chi connectivity index (χ2n) is 5.35. The van der Waals surface area contributed by atoms with E-state index in [0.29, 0.717) is 22.0 Å². The fraction of sp³-hybridized carbons (Fsp3) is 0.167. The monoisotopic (exact) mass is 376 g/mol. The van der Waals surface area contributed by atoms with E-state index < -0.39 is 24.4 Å². The summed E-state index contributed by atoms with van der Waals surface area (Å²) in [5.74, 6) is -1.26. The highest BCUT2D eigenvalue weighted by Crippen LogP contribution is 2.21. The van der Waals surface area contributed by atoms with Crippen molar-refractivity contribution in [2.75, 3.05) is 18.5 Å². The van der Waals surface area contributed by atoms with Gasteiger partial charge in [0.1, 0.15) is 5.75 Å². The van der Waals surface area contributed by atoms with E-state index in [2.05, 4.69) is 5.32 Å². The van der Waals surface area contributed by atoms with Crippen molar-refractivity contribution < 1.29 is 23.9 Å². The van der Waals surface area contributed by atoms with Gasteiger partial charge in [-0.1, -0.05) is 11.6 Å². The third-order valence-electron chi connectivity index (χ3n) is 3.30. The number of anilines is 1. The summed E-state index contributed by atoms with van der Waals surface area (Å²) in [6, 6.07) is 11.0. The highest BCUT2D eigenvalue weighted by atomic mass is 35.5. The molecule has 2 aromatic carbocycles. The van der Waals surface area contributed by atoms with Gasteiger partial charge in [0, 0.05) is 16.3 Å². The molecule has 2 amide bonds. The summed E-state index contributed by atoms with van der Waals surface area (Å²) >= 11 is 5.84. The summed E-state index contributed by atoms with van der Waals surface area (Å²) in [5.41, 5.74) is 6.68. The third-order valence-corrected chi connectivity index (χ3v) is 3.54. The van der Waals surface area contributed by atoms with Crippen molar-refractivity contribution in [1.82, 2.24) is 0 Å². The van der Waals surface area contributed by atoms with Gasteiger partial charge in [-0.25, -0.2) is 4.79 Å². The Balaban J connectivity index is 1.76. The number of rotatable bonds is 7. The van der Waals surface area contributed by atoms with Crippen LogP contribution in [-0.2, 0) is 14.3 Å². The van der Waals surface area contributed by atoms with Crippen LogP contribution in [0.15, 0.2) is 42.5 Å². The number of aryl methyl sites for hydroxylation is 1. The normalized spacial score (nSPS) is 10.1. The molecule has 0 aliphatic rings. The number of hydrogen-bond donors (Lipinski definition) is 2. The number of halogens is 1. The highest BCUT2D eigenvalue weighted by molar-refractivity contribution is 6.30. The molecular weight excluding hydrogens is 360 g/mol. The van der Waals surface area contributed by atoms with Crippen molar-refractivity contribution in [3.8, 4) is 5.75 Å². The molecule has 0 saturated heterocycles. The third kappa shape index (κ3) is 5.78. The molecule has 26 heavy (non-hydrogen) atoms. The second kappa shape index (κ2) is 8.87. The number of carbonyl (C=O) groups excluding carboxylic acids is 3. The van der Waals surface area contributed by atoms with E-state index in [1.807, 2.05) is 0 Å². The van der Waals surface area contributed by atoms with Crippen molar-refractivity contribution in [3.05, 3.63) is 58.6 Å². The fourth-order valence-electron chi connectivity index (χ4n) is 2.01. The summed E-state index contributed by atoms with van der Waals surface area (Å²) in [5, 5.41) is 3.10. The molecule has 3 N–H and O–H groups in total. The largest absolute Gasteiger partial charge is 0.482 e. The Labute approximate surface area is 155 Å². The quantitative estimate of drug-likeness (QED) is 0.721. The van der Waals surface area contributed by atoms with E-state index in [1.165, 1.54) is 24.3 Å². The molecule has 2 aromatic rings. The lowest BCUT2D eigenvalue weighted by Gasteiger charge is -2.10.